The van der Waals surface area contributed by atoms with Crippen LogP contribution in [0.4, 0.5) is 4.79 Å². The second kappa shape index (κ2) is 7.98. The zero-order valence-corrected chi connectivity index (χ0v) is 15.7. The summed E-state index contributed by atoms with van der Waals surface area (Å²) >= 11 is 0.155. The van der Waals surface area contributed by atoms with E-state index < -0.39 is 5.60 Å². The van der Waals surface area contributed by atoms with E-state index in [2.05, 4.69) is 12.1 Å². The topological polar surface area (TPSA) is 46.6 Å². The fourth-order valence-corrected chi connectivity index (χ4v) is 5.04. The first-order valence-corrected chi connectivity index (χ1v) is 9.88. The van der Waals surface area contributed by atoms with Gasteiger partial charge in [0.25, 0.3) is 0 Å². The Bertz CT molecular complexity index is 519. The van der Waals surface area contributed by atoms with Crippen molar-refractivity contribution in [1.29, 1.82) is 0 Å². The van der Waals surface area contributed by atoms with Crippen LogP contribution < -0.4 is 4.46 Å². The normalized spacial score (nSPS) is 17.6. The zero-order chi connectivity index (χ0) is 16.9. The van der Waals surface area contributed by atoms with E-state index in [4.69, 9.17) is 4.74 Å². The molecule has 1 heterocycles. The van der Waals surface area contributed by atoms with Crippen molar-refractivity contribution in [3.63, 3.8) is 0 Å². The first-order chi connectivity index (χ1) is 10.9. The number of amides is 1. The molecule has 1 aromatic rings. The van der Waals surface area contributed by atoms with Crippen molar-refractivity contribution < 1.29 is 14.3 Å². The number of piperidine rings is 1. The molecule has 23 heavy (non-hydrogen) atoms. The molecule has 1 amide bonds. The molecule has 1 atom stereocenters. The van der Waals surface area contributed by atoms with Crippen molar-refractivity contribution in [3.8, 4) is 0 Å². The Balaban J connectivity index is 1.87. The summed E-state index contributed by atoms with van der Waals surface area (Å²) in [5.41, 5.74) is -0.463. The quantitative estimate of drug-likeness (QED) is 0.594. The van der Waals surface area contributed by atoms with Crippen LogP contribution in [-0.2, 0) is 9.53 Å². The summed E-state index contributed by atoms with van der Waals surface area (Å²) in [7, 11) is 0. The molecule has 0 unspecified atom stereocenters. The fourth-order valence-electron chi connectivity index (χ4n) is 2.63. The third-order valence-electron chi connectivity index (χ3n) is 3.81. The molecule has 0 saturated carbocycles. The molecule has 0 aliphatic carbocycles. The molecule has 126 valence electrons. The Morgan fingerprint density at radius 1 is 1.26 bits per heavy atom. The minimum atomic E-state index is -0.463. The van der Waals surface area contributed by atoms with E-state index in [9.17, 15) is 9.59 Å². The van der Waals surface area contributed by atoms with Crippen LogP contribution in [0.3, 0.4) is 0 Å². The van der Waals surface area contributed by atoms with Gasteiger partial charge < -0.3 is 0 Å². The first kappa shape index (κ1) is 18.0. The third-order valence-corrected chi connectivity index (χ3v) is 6.56. The SMILES string of the molecule is CC(C)(C)OC(=O)N1CCC([C@@H](C=O)[Se]c2ccccc2)CC1. The van der Waals surface area contributed by atoms with Crippen molar-refractivity contribution >= 4 is 31.8 Å². The Labute approximate surface area is 144 Å². The number of hydrogen-bond acceptors (Lipinski definition) is 3. The van der Waals surface area contributed by atoms with Crippen LogP contribution in [-0.4, -0.2) is 50.9 Å². The molecule has 1 fully saturated rings. The first-order valence-electron chi connectivity index (χ1n) is 8.04. The molecule has 0 aromatic heterocycles. The van der Waals surface area contributed by atoms with Crippen LogP contribution in [0.2, 0.25) is 4.82 Å². The number of rotatable bonds is 4. The van der Waals surface area contributed by atoms with Gasteiger partial charge in [0.05, 0.1) is 0 Å². The van der Waals surface area contributed by atoms with E-state index in [1.54, 1.807) is 4.90 Å². The van der Waals surface area contributed by atoms with E-state index in [0.29, 0.717) is 19.0 Å². The standard InChI is InChI=1S/C18H25NO3Se/c1-18(2,3)22-17(21)19-11-9-14(10-12-19)16(13-20)23-15-7-5-4-6-8-15/h4-8,13-14,16H,9-12H2,1-3H3/t16-/m1/s1. The average Bonchev–Trinajstić information content (AvgIpc) is 2.52. The maximum absolute atomic E-state index is 12.1. The van der Waals surface area contributed by atoms with Gasteiger partial charge in [0.15, 0.2) is 0 Å². The summed E-state index contributed by atoms with van der Waals surface area (Å²) in [5, 5.41) is 0. The van der Waals surface area contributed by atoms with Gasteiger partial charge in [0, 0.05) is 0 Å². The zero-order valence-electron chi connectivity index (χ0n) is 14.0. The van der Waals surface area contributed by atoms with Crippen molar-refractivity contribution in [2.45, 2.75) is 44.0 Å². The molecular weight excluding hydrogens is 357 g/mol. The summed E-state index contributed by atoms with van der Waals surface area (Å²) in [6.45, 7) is 6.98. The molecule has 1 aliphatic heterocycles. The van der Waals surface area contributed by atoms with Crippen LogP contribution in [0, 0.1) is 5.92 Å². The number of nitrogens with zero attached hydrogens (tertiary/aromatic N) is 1. The van der Waals surface area contributed by atoms with Gasteiger partial charge in [-0.1, -0.05) is 0 Å². The van der Waals surface area contributed by atoms with Gasteiger partial charge in [-0.05, 0) is 0 Å². The van der Waals surface area contributed by atoms with Crippen molar-refractivity contribution in [2.24, 2.45) is 5.92 Å². The fraction of sp³-hybridized carbons (Fsp3) is 0.556. The molecule has 0 spiro atoms. The summed E-state index contributed by atoms with van der Waals surface area (Å²) in [5.74, 6) is 0.367. The monoisotopic (exact) mass is 383 g/mol. The molecule has 1 aromatic carbocycles. The minimum absolute atomic E-state index is 0.0886. The molecular formula is C18H25NO3Se. The maximum atomic E-state index is 12.1. The van der Waals surface area contributed by atoms with Gasteiger partial charge in [0.2, 0.25) is 0 Å². The van der Waals surface area contributed by atoms with Crippen LogP contribution in [0.5, 0.6) is 0 Å². The van der Waals surface area contributed by atoms with E-state index >= 15 is 0 Å². The number of benzene rings is 1. The van der Waals surface area contributed by atoms with Crippen LogP contribution in [0.25, 0.3) is 0 Å². The molecule has 0 N–H and O–H groups in total. The van der Waals surface area contributed by atoms with E-state index in [-0.39, 0.29) is 25.9 Å². The Kier molecular flexibility index (Phi) is 6.25. The molecule has 1 saturated heterocycles. The Morgan fingerprint density at radius 3 is 2.39 bits per heavy atom. The van der Waals surface area contributed by atoms with Gasteiger partial charge in [0.1, 0.15) is 0 Å². The van der Waals surface area contributed by atoms with Crippen LogP contribution in [0.15, 0.2) is 30.3 Å². The van der Waals surface area contributed by atoms with E-state index in [1.165, 1.54) is 4.46 Å². The summed E-state index contributed by atoms with van der Waals surface area (Å²) in [6, 6.07) is 10.2. The molecule has 4 nitrogen and oxygen atoms in total. The van der Waals surface area contributed by atoms with Gasteiger partial charge >= 0.3 is 144 Å². The van der Waals surface area contributed by atoms with Crippen molar-refractivity contribution in [3.05, 3.63) is 30.3 Å². The van der Waals surface area contributed by atoms with Gasteiger partial charge in [-0.25, -0.2) is 0 Å². The predicted molar refractivity (Wildman–Crippen MR) is 92.2 cm³/mol. The molecule has 2 rings (SSSR count). The average molecular weight is 382 g/mol. The number of carbonyl (C=O) groups excluding carboxylic acids is 2. The second-order valence-electron chi connectivity index (χ2n) is 6.84. The summed E-state index contributed by atoms with van der Waals surface area (Å²) < 4.78 is 6.67. The van der Waals surface area contributed by atoms with Gasteiger partial charge in [-0.2, -0.15) is 0 Å². The number of carbonyl (C=O) groups is 2. The van der Waals surface area contributed by atoms with Crippen molar-refractivity contribution in [1.82, 2.24) is 4.90 Å². The number of hydrogen-bond donors (Lipinski definition) is 0. The molecule has 0 bridgehead atoms. The van der Waals surface area contributed by atoms with E-state index in [1.807, 2.05) is 39.0 Å². The molecule has 5 heteroatoms. The molecule has 0 radical (unpaired) electrons. The number of ether oxygens (including phenoxy) is 1. The molecule has 1 aliphatic rings. The van der Waals surface area contributed by atoms with Crippen molar-refractivity contribution in [2.75, 3.05) is 13.1 Å². The number of likely N-dealkylation sites (tertiary alicyclic amines) is 1. The Morgan fingerprint density at radius 2 is 1.87 bits per heavy atom. The third kappa shape index (κ3) is 5.67. The predicted octanol–water partition coefficient (Wildman–Crippen LogP) is 2.65. The second-order valence-corrected chi connectivity index (χ2v) is 9.46. The summed E-state index contributed by atoms with van der Waals surface area (Å²) in [6.07, 6.45) is 2.61. The van der Waals surface area contributed by atoms with Gasteiger partial charge in [-0.15, -0.1) is 0 Å². The van der Waals surface area contributed by atoms with Crippen LogP contribution in [0.1, 0.15) is 33.6 Å². The summed E-state index contributed by atoms with van der Waals surface area (Å²) in [4.78, 5) is 25.5. The number of aldehydes is 1. The van der Waals surface area contributed by atoms with Gasteiger partial charge in [-0.3, -0.25) is 0 Å². The van der Waals surface area contributed by atoms with Crippen LogP contribution >= 0.6 is 0 Å². The Hall–Kier alpha value is -1.32. The van der Waals surface area contributed by atoms with E-state index in [0.717, 1.165) is 19.1 Å².